The summed E-state index contributed by atoms with van der Waals surface area (Å²) >= 11 is 5.65. The fourth-order valence-electron chi connectivity index (χ4n) is 1.40. The SMILES string of the molecule is O=[N+]([O-])c1cc(Cl)nc(OC2CCOC2)c1. The number of ether oxygens (including phenoxy) is 2. The largest absolute Gasteiger partial charge is 0.472 e. The summed E-state index contributed by atoms with van der Waals surface area (Å²) in [7, 11) is 0. The van der Waals surface area contributed by atoms with Gasteiger partial charge in [0.15, 0.2) is 0 Å². The molecule has 1 aromatic heterocycles. The van der Waals surface area contributed by atoms with Crippen LogP contribution in [-0.4, -0.2) is 29.2 Å². The molecule has 0 radical (unpaired) electrons. The maximum Gasteiger partial charge on any atom is 0.277 e. The molecular weight excluding hydrogens is 236 g/mol. The first kappa shape index (κ1) is 11.1. The van der Waals surface area contributed by atoms with Crippen molar-refractivity contribution < 1.29 is 14.4 Å². The first-order chi connectivity index (χ1) is 7.65. The van der Waals surface area contributed by atoms with Crippen molar-refractivity contribution in [1.29, 1.82) is 0 Å². The summed E-state index contributed by atoms with van der Waals surface area (Å²) in [5, 5.41) is 10.6. The van der Waals surface area contributed by atoms with Crippen molar-refractivity contribution in [2.75, 3.05) is 13.2 Å². The Bertz CT molecular complexity index is 406. The Morgan fingerprint density at radius 2 is 2.44 bits per heavy atom. The predicted molar refractivity (Wildman–Crippen MR) is 55.8 cm³/mol. The van der Waals surface area contributed by atoms with Crippen LogP contribution in [0.4, 0.5) is 5.69 Å². The van der Waals surface area contributed by atoms with E-state index in [4.69, 9.17) is 21.1 Å². The third-order valence-corrected chi connectivity index (χ3v) is 2.34. The summed E-state index contributed by atoms with van der Waals surface area (Å²) < 4.78 is 10.5. The van der Waals surface area contributed by atoms with Crippen molar-refractivity contribution in [3.63, 3.8) is 0 Å². The summed E-state index contributed by atoms with van der Waals surface area (Å²) in [5.74, 6) is 0.162. The van der Waals surface area contributed by atoms with Gasteiger partial charge in [-0.2, -0.15) is 0 Å². The summed E-state index contributed by atoms with van der Waals surface area (Å²) in [5.41, 5.74) is -0.131. The van der Waals surface area contributed by atoms with E-state index in [9.17, 15) is 10.1 Å². The first-order valence-corrected chi connectivity index (χ1v) is 5.09. The lowest BCUT2D eigenvalue weighted by Gasteiger charge is -2.10. The Morgan fingerprint density at radius 1 is 1.62 bits per heavy atom. The molecule has 6 nitrogen and oxygen atoms in total. The van der Waals surface area contributed by atoms with E-state index in [2.05, 4.69) is 4.98 Å². The van der Waals surface area contributed by atoms with E-state index in [0.717, 1.165) is 6.42 Å². The van der Waals surface area contributed by atoms with Crippen molar-refractivity contribution >= 4 is 17.3 Å². The standard InChI is InChI=1S/C9H9ClN2O4/c10-8-3-6(12(13)14)4-9(11-8)16-7-1-2-15-5-7/h3-4,7H,1-2,5H2. The smallest absolute Gasteiger partial charge is 0.277 e. The molecule has 86 valence electrons. The van der Waals surface area contributed by atoms with E-state index in [-0.39, 0.29) is 22.8 Å². The van der Waals surface area contributed by atoms with Crippen molar-refractivity contribution in [3.8, 4) is 5.88 Å². The Morgan fingerprint density at radius 3 is 3.06 bits per heavy atom. The quantitative estimate of drug-likeness (QED) is 0.461. The van der Waals surface area contributed by atoms with E-state index in [0.29, 0.717) is 13.2 Å². The summed E-state index contributed by atoms with van der Waals surface area (Å²) in [4.78, 5) is 13.9. The molecule has 0 saturated carbocycles. The van der Waals surface area contributed by atoms with E-state index in [1.54, 1.807) is 0 Å². The van der Waals surface area contributed by atoms with Gasteiger partial charge in [0.1, 0.15) is 11.3 Å². The molecule has 1 aliphatic rings. The molecule has 2 heterocycles. The van der Waals surface area contributed by atoms with Crippen LogP contribution in [0.3, 0.4) is 0 Å². The Balaban J connectivity index is 2.16. The monoisotopic (exact) mass is 244 g/mol. The van der Waals surface area contributed by atoms with Gasteiger partial charge in [-0.3, -0.25) is 10.1 Å². The lowest BCUT2D eigenvalue weighted by Crippen LogP contribution is -2.16. The number of hydrogen-bond acceptors (Lipinski definition) is 5. The van der Waals surface area contributed by atoms with Gasteiger partial charge < -0.3 is 9.47 Å². The molecule has 1 atom stereocenters. The van der Waals surface area contributed by atoms with Gasteiger partial charge in [-0.05, 0) is 0 Å². The number of halogens is 1. The Labute approximate surface area is 96.3 Å². The van der Waals surface area contributed by atoms with Crippen LogP contribution in [-0.2, 0) is 4.74 Å². The van der Waals surface area contributed by atoms with Crippen LogP contribution in [0.5, 0.6) is 5.88 Å². The number of hydrogen-bond donors (Lipinski definition) is 0. The van der Waals surface area contributed by atoms with Gasteiger partial charge in [0.2, 0.25) is 5.88 Å². The van der Waals surface area contributed by atoms with Crippen LogP contribution >= 0.6 is 11.6 Å². The molecule has 7 heteroatoms. The van der Waals surface area contributed by atoms with Crippen molar-refractivity contribution in [3.05, 3.63) is 27.4 Å². The second kappa shape index (κ2) is 4.63. The van der Waals surface area contributed by atoms with Gasteiger partial charge >= 0.3 is 0 Å². The summed E-state index contributed by atoms with van der Waals surface area (Å²) in [6.07, 6.45) is 0.646. The number of rotatable bonds is 3. The Kier molecular flexibility index (Phi) is 3.21. The second-order valence-electron chi connectivity index (χ2n) is 3.35. The van der Waals surface area contributed by atoms with Crippen LogP contribution in [0.1, 0.15) is 6.42 Å². The second-order valence-corrected chi connectivity index (χ2v) is 3.73. The van der Waals surface area contributed by atoms with Gasteiger partial charge in [-0.25, -0.2) is 4.98 Å². The zero-order valence-electron chi connectivity index (χ0n) is 8.26. The van der Waals surface area contributed by atoms with Gasteiger partial charge in [0, 0.05) is 6.42 Å². The zero-order valence-corrected chi connectivity index (χ0v) is 9.01. The molecule has 1 fully saturated rings. The normalized spacial score (nSPS) is 19.7. The lowest BCUT2D eigenvalue weighted by molar-refractivity contribution is -0.385. The molecule has 0 aliphatic carbocycles. The average Bonchev–Trinajstić information content (AvgIpc) is 2.69. The zero-order chi connectivity index (χ0) is 11.5. The van der Waals surface area contributed by atoms with E-state index >= 15 is 0 Å². The number of nitrogens with zero attached hydrogens (tertiary/aromatic N) is 2. The number of nitro groups is 1. The van der Waals surface area contributed by atoms with Crippen LogP contribution in [0, 0.1) is 10.1 Å². The predicted octanol–water partition coefficient (Wildman–Crippen LogP) is 1.81. The molecule has 0 spiro atoms. The third-order valence-electron chi connectivity index (χ3n) is 2.14. The summed E-state index contributed by atoms with van der Waals surface area (Å²) in [6, 6.07) is 2.43. The third kappa shape index (κ3) is 2.59. The Hall–Kier alpha value is -1.40. The highest BCUT2D eigenvalue weighted by atomic mass is 35.5. The highest BCUT2D eigenvalue weighted by Crippen LogP contribution is 2.23. The lowest BCUT2D eigenvalue weighted by atomic mass is 10.3. The molecule has 0 bridgehead atoms. The molecule has 1 aromatic rings. The van der Waals surface area contributed by atoms with E-state index in [1.165, 1.54) is 12.1 Å². The van der Waals surface area contributed by atoms with Crippen LogP contribution in [0.15, 0.2) is 12.1 Å². The van der Waals surface area contributed by atoms with Crippen molar-refractivity contribution in [2.45, 2.75) is 12.5 Å². The molecule has 0 N–H and O–H groups in total. The fraction of sp³-hybridized carbons (Fsp3) is 0.444. The van der Waals surface area contributed by atoms with E-state index < -0.39 is 4.92 Å². The molecule has 0 aromatic carbocycles. The molecule has 1 unspecified atom stereocenters. The van der Waals surface area contributed by atoms with Crippen LogP contribution in [0.25, 0.3) is 0 Å². The topological polar surface area (TPSA) is 74.5 Å². The number of pyridine rings is 1. The highest BCUT2D eigenvalue weighted by Gasteiger charge is 2.19. The molecule has 2 rings (SSSR count). The highest BCUT2D eigenvalue weighted by molar-refractivity contribution is 6.29. The fourth-order valence-corrected chi connectivity index (χ4v) is 1.60. The van der Waals surface area contributed by atoms with E-state index in [1.807, 2.05) is 0 Å². The minimum Gasteiger partial charge on any atom is -0.472 e. The maximum atomic E-state index is 10.6. The first-order valence-electron chi connectivity index (χ1n) is 4.71. The van der Waals surface area contributed by atoms with Gasteiger partial charge in [-0.1, -0.05) is 11.6 Å². The van der Waals surface area contributed by atoms with Crippen molar-refractivity contribution in [2.24, 2.45) is 0 Å². The minimum absolute atomic E-state index is 0.0446. The van der Waals surface area contributed by atoms with Gasteiger partial charge in [0.25, 0.3) is 5.69 Å². The molecular formula is C9H9ClN2O4. The summed E-state index contributed by atoms with van der Waals surface area (Å²) in [6.45, 7) is 1.11. The van der Waals surface area contributed by atoms with Crippen LogP contribution < -0.4 is 4.74 Å². The molecule has 1 saturated heterocycles. The molecule has 16 heavy (non-hydrogen) atoms. The maximum absolute atomic E-state index is 10.6. The minimum atomic E-state index is -0.536. The van der Waals surface area contributed by atoms with Gasteiger partial charge in [-0.15, -0.1) is 0 Å². The van der Waals surface area contributed by atoms with Crippen LogP contribution in [0.2, 0.25) is 5.15 Å². The van der Waals surface area contributed by atoms with Crippen molar-refractivity contribution in [1.82, 2.24) is 4.98 Å². The number of aromatic nitrogens is 1. The van der Waals surface area contributed by atoms with Gasteiger partial charge in [0.05, 0.1) is 30.3 Å². The average molecular weight is 245 g/mol. The molecule has 0 amide bonds. The molecule has 1 aliphatic heterocycles.